The van der Waals surface area contributed by atoms with Gasteiger partial charge in [-0.2, -0.15) is 0 Å². The zero-order valence-electron chi connectivity index (χ0n) is 14.3. The normalized spacial score (nSPS) is 16.8. The van der Waals surface area contributed by atoms with Crippen LogP contribution in [0.25, 0.3) is 0 Å². The van der Waals surface area contributed by atoms with Crippen LogP contribution >= 0.6 is 0 Å². The molecule has 27 heavy (non-hydrogen) atoms. The summed E-state index contributed by atoms with van der Waals surface area (Å²) in [6.45, 7) is 0.256. The van der Waals surface area contributed by atoms with E-state index in [9.17, 15) is 14.7 Å². The number of furan rings is 1. The number of benzene rings is 1. The highest BCUT2D eigenvalue weighted by Crippen LogP contribution is 2.39. The van der Waals surface area contributed by atoms with Crippen molar-refractivity contribution < 1.29 is 19.1 Å². The number of carbonyl (C=O) groups excluding carboxylic acids is 2. The molecule has 4 rings (SSSR count). The molecule has 2 aromatic heterocycles. The van der Waals surface area contributed by atoms with Gasteiger partial charge >= 0.3 is 0 Å². The largest absolute Gasteiger partial charge is 0.503 e. The number of hydrogen-bond donors (Lipinski definition) is 1. The summed E-state index contributed by atoms with van der Waals surface area (Å²) in [7, 11) is 0. The highest BCUT2D eigenvalue weighted by Gasteiger charge is 2.44. The molecule has 6 nitrogen and oxygen atoms in total. The van der Waals surface area contributed by atoms with Gasteiger partial charge < -0.3 is 14.4 Å². The number of aliphatic hydroxyl groups excluding tert-OH is 1. The third kappa shape index (κ3) is 3.01. The van der Waals surface area contributed by atoms with E-state index in [1.165, 1.54) is 17.2 Å². The SMILES string of the molecule is O=C(C1=C(O)C(=O)N(Cc2ccccc2)[C@H]1c1ccncc1)c1ccco1. The van der Waals surface area contributed by atoms with E-state index in [4.69, 9.17) is 4.42 Å². The molecule has 1 aliphatic rings. The molecule has 1 atom stereocenters. The second-order valence-electron chi connectivity index (χ2n) is 6.17. The van der Waals surface area contributed by atoms with Gasteiger partial charge in [-0.1, -0.05) is 30.3 Å². The van der Waals surface area contributed by atoms with Crippen LogP contribution in [0.15, 0.2) is 89.0 Å². The molecule has 1 aliphatic heterocycles. The first-order valence-electron chi connectivity index (χ1n) is 8.43. The maximum atomic E-state index is 12.9. The van der Waals surface area contributed by atoms with Crippen molar-refractivity contribution in [2.24, 2.45) is 0 Å². The molecule has 0 bridgehead atoms. The number of hydrogen-bond acceptors (Lipinski definition) is 5. The number of rotatable bonds is 5. The second-order valence-corrected chi connectivity index (χ2v) is 6.17. The van der Waals surface area contributed by atoms with E-state index in [0.717, 1.165) is 5.56 Å². The van der Waals surface area contributed by atoms with Crippen LogP contribution in [0.4, 0.5) is 0 Å². The van der Waals surface area contributed by atoms with E-state index in [0.29, 0.717) is 5.56 Å². The van der Waals surface area contributed by atoms with Gasteiger partial charge in [-0.3, -0.25) is 14.6 Å². The van der Waals surface area contributed by atoms with Crippen molar-refractivity contribution in [3.8, 4) is 0 Å². The zero-order chi connectivity index (χ0) is 18.8. The number of nitrogens with zero attached hydrogens (tertiary/aromatic N) is 2. The average molecular weight is 360 g/mol. The molecule has 0 aliphatic carbocycles. The van der Waals surface area contributed by atoms with E-state index in [-0.39, 0.29) is 17.9 Å². The molecule has 0 spiro atoms. The molecule has 1 amide bonds. The molecular weight excluding hydrogens is 344 g/mol. The topological polar surface area (TPSA) is 83.6 Å². The van der Waals surface area contributed by atoms with Crippen molar-refractivity contribution in [3.05, 3.63) is 101 Å². The van der Waals surface area contributed by atoms with Gasteiger partial charge in [0.2, 0.25) is 5.78 Å². The Morgan fingerprint density at radius 3 is 2.48 bits per heavy atom. The van der Waals surface area contributed by atoms with Crippen molar-refractivity contribution in [2.75, 3.05) is 0 Å². The van der Waals surface area contributed by atoms with Gasteiger partial charge in [-0.05, 0) is 35.4 Å². The molecule has 0 fully saturated rings. The summed E-state index contributed by atoms with van der Waals surface area (Å²) in [5.41, 5.74) is 1.59. The van der Waals surface area contributed by atoms with E-state index in [2.05, 4.69) is 4.98 Å². The second kappa shape index (κ2) is 6.92. The Morgan fingerprint density at radius 2 is 1.81 bits per heavy atom. The maximum Gasteiger partial charge on any atom is 0.290 e. The van der Waals surface area contributed by atoms with Crippen LogP contribution in [0, 0.1) is 0 Å². The molecular formula is C21H16N2O4. The quantitative estimate of drug-likeness (QED) is 0.705. The van der Waals surface area contributed by atoms with Crippen LogP contribution in [0.3, 0.4) is 0 Å². The fourth-order valence-electron chi connectivity index (χ4n) is 3.26. The van der Waals surface area contributed by atoms with Gasteiger partial charge in [0.15, 0.2) is 11.5 Å². The lowest BCUT2D eigenvalue weighted by Gasteiger charge is -2.26. The van der Waals surface area contributed by atoms with E-state index < -0.39 is 23.5 Å². The molecule has 1 N–H and O–H groups in total. The fraction of sp³-hybridized carbons (Fsp3) is 0.0952. The minimum Gasteiger partial charge on any atom is -0.503 e. The number of ketones is 1. The summed E-state index contributed by atoms with van der Waals surface area (Å²) < 4.78 is 5.19. The van der Waals surface area contributed by atoms with Gasteiger partial charge in [0.05, 0.1) is 17.9 Å². The summed E-state index contributed by atoms with van der Waals surface area (Å²) in [6.07, 6.45) is 4.56. The number of amides is 1. The van der Waals surface area contributed by atoms with Gasteiger partial charge in [-0.25, -0.2) is 0 Å². The first-order valence-corrected chi connectivity index (χ1v) is 8.43. The Labute approximate surface area is 155 Å². The molecule has 134 valence electrons. The highest BCUT2D eigenvalue weighted by molar-refractivity contribution is 6.14. The summed E-state index contributed by atoms with van der Waals surface area (Å²) in [4.78, 5) is 31.2. The van der Waals surface area contributed by atoms with Crippen LogP contribution in [-0.4, -0.2) is 26.7 Å². The number of aromatic nitrogens is 1. The van der Waals surface area contributed by atoms with E-state index >= 15 is 0 Å². The number of Topliss-reactive ketones (excluding diaryl/α,β-unsaturated/α-hetero) is 1. The summed E-state index contributed by atoms with van der Waals surface area (Å²) >= 11 is 0. The van der Waals surface area contributed by atoms with Crippen molar-refractivity contribution in [1.29, 1.82) is 0 Å². The van der Waals surface area contributed by atoms with Crippen LogP contribution < -0.4 is 0 Å². The molecule has 0 unspecified atom stereocenters. The molecule has 0 radical (unpaired) electrons. The first-order chi connectivity index (χ1) is 13.2. The average Bonchev–Trinajstić information content (AvgIpc) is 3.32. The van der Waals surface area contributed by atoms with E-state index in [1.54, 1.807) is 30.6 Å². The highest BCUT2D eigenvalue weighted by atomic mass is 16.3. The summed E-state index contributed by atoms with van der Waals surface area (Å²) in [5.74, 6) is -1.57. The molecule has 6 heteroatoms. The Kier molecular flexibility index (Phi) is 4.30. The standard InChI is InChI=1S/C21H16N2O4/c24-19(16-7-4-12-27-16)17-18(15-8-10-22-11-9-15)23(21(26)20(17)25)13-14-5-2-1-3-6-14/h1-12,18,25H,13H2/t18-/m0/s1. The summed E-state index contributed by atoms with van der Waals surface area (Å²) in [6, 6.07) is 15.2. The third-order valence-corrected chi connectivity index (χ3v) is 4.51. The smallest absolute Gasteiger partial charge is 0.290 e. The molecule has 0 saturated carbocycles. The fourth-order valence-corrected chi connectivity index (χ4v) is 3.26. The predicted octanol–water partition coefficient (Wildman–Crippen LogP) is 3.45. The predicted molar refractivity (Wildman–Crippen MR) is 96.7 cm³/mol. The van der Waals surface area contributed by atoms with Gasteiger partial charge in [0.25, 0.3) is 5.91 Å². The lowest BCUT2D eigenvalue weighted by molar-refractivity contribution is -0.130. The van der Waals surface area contributed by atoms with Crippen molar-refractivity contribution in [3.63, 3.8) is 0 Å². The Balaban J connectivity index is 1.79. The van der Waals surface area contributed by atoms with Crippen LogP contribution in [-0.2, 0) is 11.3 Å². The van der Waals surface area contributed by atoms with Gasteiger partial charge in [0.1, 0.15) is 0 Å². The Bertz CT molecular complexity index is 995. The minimum atomic E-state index is -0.724. The number of pyridine rings is 1. The van der Waals surface area contributed by atoms with Crippen LogP contribution in [0.5, 0.6) is 0 Å². The van der Waals surface area contributed by atoms with Crippen LogP contribution in [0.1, 0.15) is 27.7 Å². The summed E-state index contributed by atoms with van der Waals surface area (Å²) in [5, 5.41) is 10.5. The van der Waals surface area contributed by atoms with Crippen LogP contribution in [0.2, 0.25) is 0 Å². The Hall–Kier alpha value is -3.67. The Morgan fingerprint density at radius 1 is 1.07 bits per heavy atom. The lowest BCUT2D eigenvalue weighted by atomic mass is 9.95. The molecule has 0 saturated heterocycles. The third-order valence-electron chi connectivity index (χ3n) is 4.51. The van der Waals surface area contributed by atoms with E-state index in [1.807, 2.05) is 30.3 Å². The van der Waals surface area contributed by atoms with Crippen molar-refractivity contribution >= 4 is 11.7 Å². The number of carbonyl (C=O) groups is 2. The van der Waals surface area contributed by atoms with Gasteiger partial charge in [0, 0.05) is 18.9 Å². The molecule has 3 aromatic rings. The number of aliphatic hydroxyl groups is 1. The first kappa shape index (κ1) is 16.8. The molecule has 1 aromatic carbocycles. The molecule has 3 heterocycles. The monoisotopic (exact) mass is 360 g/mol. The zero-order valence-corrected chi connectivity index (χ0v) is 14.3. The van der Waals surface area contributed by atoms with Crippen molar-refractivity contribution in [1.82, 2.24) is 9.88 Å². The van der Waals surface area contributed by atoms with Crippen molar-refractivity contribution in [2.45, 2.75) is 12.6 Å². The minimum absolute atomic E-state index is 0.0112. The lowest BCUT2D eigenvalue weighted by Crippen LogP contribution is -2.30. The van der Waals surface area contributed by atoms with Gasteiger partial charge in [-0.15, -0.1) is 0 Å². The maximum absolute atomic E-state index is 12.9.